The van der Waals surface area contributed by atoms with Crippen LogP contribution < -0.4 is 0 Å². The third kappa shape index (κ3) is 3.13. The molecule has 0 aliphatic carbocycles. The summed E-state index contributed by atoms with van der Waals surface area (Å²) in [6.45, 7) is 0. The van der Waals surface area contributed by atoms with Crippen LogP contribution in [0.15, 0.2) is 91.3 Å². The third-order valence-corrected chi connectivity index (χ3v) is 4.29. The van der Waals surface area contributed by atoms with E-state index in [1.807, 2.05) is 30.6 Å². The molecule has 0 aliphatic rings. The average molecular weight is 340 g/mol. The lowest BCUT2D eigenvalue weighted by atomic mass is 10.0. The minimum absolute atomic E-state index is 0.262. The van der Waals surface area contributed by atoms with Crippen molar-refractivity contribution in [1.29, 1.82) is 0 Å². The van der Waals surface area contributed by atoms with Crippen LogP contribution in [0.5, 0.6) is 0 Å². The van der Waals surface area contributed by atoms with Crippen LogP contribution in [0.3, 0.4) is 0 Å². The first-order chi connectivity index (χ1) is 12.7. The first kappa shape index (κ1) is 15.8. The van der Waals surface area contributed by atoms with E-state index in [4.69, 9.17) is 5.11 Å². The minimum atomic E-state index is -0.934. The second-order valence-corrected chi connectivity index (χ2v) is 5.97. The maximum absolute atomic E-state index is 10.9. The van der Waals surface area contributed by atoms with Crippen LogP contribution >= 0.6 is 0 Å². The molecule has 4 aromatic rings. The zero-order chi connectivity index (χ0) is 17.9. The van der Waals surface area contributed by atoms with Crippen LogP contribution in [0.1, 0.15) is 10.4 Å². The Bertz CT molecular complexity index is 1030. The van der Waals surface area contributed by atoms with Crippen LogP contribution in [0.4, 0.5) is 0 Å². The maximum atomic E-state index is 10.9. The molecule has 0 radical (unpaired) electrons. The normalized spacial score (nSPS) is 10.6. The van der Waals surface area contributed by atoms with Gasteiger partial charge in [-0.3, -0.25) is 0 Å². The van der Waals surface area contributed by atoms with E-state index in [9.17, 15) is 4.79 Å². The summed E-state index contributed by atoms with van der Waals surface area (Å²) in [5.41, 5.74) is 5.53. The van der Waals surface area contributed by atoms with E-state index in [2.05, 4.69) is 41.5 Å². The van der Waals surface area contributed by atoms with Crippen molar-refractivity contribution in [2.24, 2.45) is 0 Å². The van der Waals surface area contributed by atoms with Gasteiger partial charge in [0.05, 0.1) is 17.4 Å². The van der Waals surface area contributed by atoms with Crippen LogP contribution in [0.25, 0.3) is 27.9 Å². The molecule has 0 saturated heterocycles. The highest BCUT2D eigenvalue weighted by molar-refractivity contribution is 5.87. The molecular formula is C22H16N2O2. The third-order valence-electron chi connectivity index (χ3n) is 4.29. The lowest BCUT2D eigenvalue weighted by Crippen LogP contribution is -1.98. The fourth-order valence-corrected chi connectivity index (χ4v) is 2.86. The second-order valence-electron chi connectivity index (χ2n) is 5.97. The Hall–Kier alpha value is -3.66. The molecule has 0 bridgehead atoms. The Labute approximate surface area is 151 Å². The number of benzene rings is 3. The smallest absolute Gasteiger partial charge is 0.335 e. The molecular weight excluding hydrogens is 324 g/mol. The highest BCUT2D eigenvalue weighted by atomic mass is 16.4. The highest BCUT2D eigenvalue weighted by Crippen LogP contribution is 2.25. The fraction of sp³-hybridized carbons (Fsp3) is 0. The largest absolute Gasteiger partial charge is 0.478 e. The molecule has 4 nitrogen and oxygen atoms in total. The topological polar surface area (TPSA) is 55.1 Å². The number of rotatable bonds is 4. The zero-order valence-corrected chi connectivity index (χ0v) is 13.9. The first-order valence-electron chi connectivity index (χ1n) is 8.25. The number of carboxylic acids is 1. The molecule has 4 heteroatoms. The van der Waals surface area contributed by atoms with Gasteiger partial charge in [-0.15, -0.1) is 0 Å². The highest BCUT2D eigenvalue weighted by Gasteiger charge is 2.06. The molecule has 3 aromatic carbocycles. The van der Waals surface area contributed by atoms with E-state index in [0.29, 0.717) is 0 Å². The number of aromatic carboxylic acids is 1. The Kier molecular flexibility index (Phi) is 4.07. The number of nitrogens with zero attached hydrogens (tertiary/aromatic N) is 2. The minimum Gasteiger partial charge on any atom is -0.478 e. The average Bonchev–Trinajstić information content (AvgIpc) is 3.19. The molecule has 0 fully saturated rings. The van der Waals surface area contributed by atoms with Crippen LogP contribution in [0.2, 0.25) is 0 Å². The molecule has 4 rings (SSSR count). The maximum Gasteiger partial charge on any atom is 0.335 e. The molecule has 0 unspecified atom stereocenters. The SMILES string of the molecule is O=C(O)c1ccc(-n2cc(-c3ccc(-c4ccccc4)cc3)cn2)cc1. The lowest BCUT2D eigenvalue weighted by Gasteiger charge is -2.03. The molecule has 1 heterocycles. The molecule has 126 valence electrons. The van der Waals surface area contributed by atoms with E-state index in [0.717, 1.165) is 16.8 Å². The van der Waals surface area contributed by atoms with Crippen molar-refractivity contribution in [1.82, 2.24) is 9.78 Å². The van der Waals surface area contributed by atoms with Gasteiger partial charge in [-0.05, 0) is 41.0 Å². The zero-order valence-electron chi connectivity index (χ0n) is 13.9. The van der Waals surface area contributed by atoms with Gasteiger partial charge in [0.1, 0.15) is 0 Å². The van der Waals surface area contributed by atoms with Gasteiger partial charge in [0.15, 0.2) is 0 Å². The quantitative estimate of drug-likeness (QED) is 0.574. The molecule has 0 amide bonds. The van der Waals surface area contributed by atoms with Crippen molar-refractivity contribution in [3.8, 4) is 27.9 Å². The molecule has 0 aliphatic heterocycles. The number of carboxylic acid groups (broad SMARTS) is 1. The van der Waals surface area contributed by atoms with E-state index in [-0.39, 0.29) is 5.56 Å². The van der Waals surface area contributed by atoms with Crippen molar-refractivity contribution >= 4 is 5.97 Å². The predicted molar refractivity (Wildman–Crippen MR) is 101 cm³/mol. The lowest BCUT2D eigenvalue weighted by molar-refractivity contribution is 0.0697. The van der Waals surface area contributed by atoms with Gasteiger partial charge >= 0.3 is 5.97 Å². The standard InChI is InChI=1S/C22H16N2O2/c25-22(26)19-10-12-21(13-11-19)24-15-20(14-23-24)18-8-6-17(7-9-18)16-4-2-1-3-5-16/h1-15H,(H,25,26). The summed E-state index contributed by atoms with van der Waals surface area (Å²) in [4.78, 5) is 10.9. The molecule has 0 saturated carbocycles. The van der Waals surface area contributed by atoms with Crippen molar-refractivity contribution in [2.45, 2.75) is 0 Å². The molecule has 0 spiro atoms. The van der Waals surface area contributed by atoms with Crippen molar-refractivity contribution < 1.29 is 9.90 Å². The van der Waals surface area contributed by atoms with E-state index >= 15 is 0 Å². The van der Waals surface area contributed by atoms with Crippen LogP contribution in [-0.4, -0.2) is 20.9 Å². The predicted octanol–water partition coefficient (Wildman–Crippen LogP) is 4.90. The summed E-state index contributed by atoms with van der Waals surface area (Å²) < 4.78 is 1.74. The fourth-order valence-electron chi connectivity index (χ4n) is 2.86. The summed E-state index contributed by atoms with van der Waals surface area (Å²) in [5.74, 6) is -0.934. The van der Waals surface area contributed by atoms with Gasteiger partial charge in [0, 0.05) is 11.8 Å². The van der Waals surface area contributed by atoms with Gasteiger partial charge in [-0.1, -0.05) is 54.6 Å². The van der Waals surface area contributed by atoms with Crippen molar-refractivity contribution in [3.63, 3.8) is 0 Å². The molecule has 1 N–H and O–H groups in total. The Balaban J connectivity index is 1.59. The van der Waals surface area contributed by atoms with Crippen LogP contribution in [0, 0.1) is 0 Å². The van der Waals surface area contributed by atoms with E-state index in [1.54, 1.807) is 28.9 Å². The van der Waals surface area contributed by atoms with Crippen molar-refractivity contribution in [3.05, 3.63) is 96.8 Å². The second kappa shape index (κ2) is 6.69. The Morgan fingerprint density at radius 1 is 0.731 bits per heavy atom. The molecule has 0 atom stereocenters. The first-order valence-corrected chi connectivity index (χ1v) is 8.25. The summed E-state index contributed by atoms with van der Waals surface area (Å²) in [5, 5.41) is 13.4. The van der Waals surface area contributed by atoms with E-state index < -0.39 is 5.97 Å². The van der Waals surface area contributed by atoms with Gasteiger partial charge in [0.25, 0.3) is 0 Å². The summed E-state index contributed by atoms with van der Waals surface area (Å²) in [6, 6.07) is 25.3. The van der Waals surface area contributed by atoms with Crippen molar-refractivity contribution in [2.75, 3.05) is 0 Å². The summed E-state index contributed by atoms with van der Waals surface area (Å²) in [6.07, 6.45) is 3.75. The number of carbonyl (C=O) groups is 1. The summed E-state index contributed by atoms with van der Waals surface area (Å²) in [7, 11) is 0. The Morgan fingerprint density at radius 3 is 1.92 bits per heavy atom. The van der Waals surface area contributed by atoms with Gasteiger partial charge < -0.3 is 5.11 Å². The number of aromatic nitrogens is 2. The summed E-state index contributed by atoms with van der Waals surface area (Å²) >= 11 is 0. The van der Waals surface area contributed by atoms with Gasteiger partial charge in [0.2, 0.25) is 0 Å². The molecule has 26 heavy (non-hydrogen) atoms. The van der Waals surface area contributed by atoms with Gasteiger partial charge in [-0.25, -0.2) is 9.48 Å². The number of hydrogen-bond donors (Lipinski definition) is 1. The molecule has 1 aromatic heterocycles. The van der Waals surface area contributed by atoms with Crippen LogP contribution in [-0.2, 0) is 0 Å². The number of hydrogen-bond acceptors (Lipinski definition) is 2. The van der Waals surface area contributed by atoms with E-state index in [1.165, 1.54) is 11.1 Å². The monoisotopic (exact) mass is 340 g/mol. The Morgan fingerprint density at radius 2 is 1.31 bits per heavy atom. The van der Waals surface area contributed by atoms with Gasteiger partial charge in [-0.2, -0.15) is 5.10 Å².